The van der Waals surface area contributed by atoms with Gasteiger partial charge < -0.3 is 5.32 Å². The van der Waals surface area contributed by atoms with Crippen LogP contribution < -0.4 is 5.32 Å². The van der Waals surface area contributed by atoms with Crippen LogP contribution in [0.5, 0.6) is 0 Å². The van der Waals surface area contributed by atoms with Crippen LogP contribution in [-0.2, 0) is 0 Å². The molecule has 0 aliphatic carbocycles. The third-order valence-corrected chi connectivity index (χ3v) is 4.86. The summed E-state index contributed by atoms with van der Waals surface area (Å²) in [6.45, 7) is 7.09. The molecule has 3 rings (SSSR count). The molecule has 0 unspecified atom stereocenters. The molecular weight excluding hydrogens is 388 g/mol. The lowest BCUT2D eigenvalue weighted by Crippen LogP contribution is -2.33. The average molecular weight is 411 g/mol. The number of fused-ring (bicyclic) bond motifs is 1. The molecule has 2 heterocycles. The van der Waals surface area contributed by atoms with Gasteiger partial charge in [-0.15, -0.1) is 0 Å². The highest BCUT2D eigenvalue weighted by atomic mass is 35.5. The van der Waals surface area contributed by atoms with Crippen molar-refractivity contribution in [3.8, 4) is 11.8 Å². The second-order valence-corrected chi connectivity index (χ2v) is 7.86. The maximum atomic E-state index is 12.5. The molecule has 0 saturated carbocycles. The lowest BCUT2D eigenvalue weighted by molar-refractivity contribution is 0.0643. The van der Waals surface area contributed by atoms with Gasteiger partial charge in [0, 0.05) is 24.7 Å². The van der Waals surface area contributed by atoms with E-state index in [1.54, 1.807) is 30.5 Å². The van der Waals surface area contributed by atoms with Gasteiger partial charge in [-0.05, 0) is 50.4 Å². The summed E-state index contributed by atoms with van der Waals surface area (Å²) in [6, 6.07) is 6.90. The fourth-order valence-corrected chi connectivity index (χ4v) is 3.10. The molecule has 0 saturated heterocycles. The minimum Gasteiger partial charge on any atom is -0.369 e. The van der Waals surface area contributed by atoms with Crippen molar-refractivity contribution in [2.45, 2.75) is 33.6 Å². The molecule has 2 aromatic rings. The third-order valence-electron chi connectivity index (χ3n) is 4.68. The molecule has 6 nitrogen and oxygen atoms in total. The van der Waals surface area contributed by atoms with E-state index >= 15 is 0 Å². The third kappa shape index (κ3) is 4.75. The summed E-state index contributed by atoms with van der Waals surface area (Å²) in [4.78, 5) is 34.5. The number of hydrogen-bond acceptors (Lipinski definition) is 5. The van der Waals surface area contributed by atoms with Crippen molar-refractivity contribution in [1.29, 1.82) is 0 Å². The number of hydrogen-bond donors (Lipinski definition) is 1. The number of benzene rings is 1. The molecule has 0 radical (unpaired) electrons. The average Bonchev–Trinajstić information content (AvgIpc) is 2.94. The Bertz CT molecular complexity index is 972. The van der Waals surface area contributed by atoms with Crippen LogP contribution in [0, 0.1) is 17.3 Å². The monoisotopic (exact) mass is 410 g/mol. The van der Waals surface area contributed by atoms with Gasteiger partial charge in [0.15, 0.2) is 0 Å². The van der Waals surface area contributed by atoms with Crippen LogP contribution in [0.25, 0.3) is 0 Å². The minimum atomic E-state index is -0.420. The first-order valence-corrected chi connectivity index (χ1v) is 9.95. The Morgan fingerprint density at radius 2 is 1.83 bits per heavy atom. The Kier molecular flexibility index (Phi) is 6.19. The van der Waals surface area contributed by atoms with Crippen molar-refractivity contribution < 1.29 is 9.59 Å². The Balaban J connectivity index is 1.71. The first-order valence-electron chi connectivity index (χ1n) is 9.57. The Morgan fingerprint density at radius 1 is 1.17 bits per heavy atom. The van der Waals surface area contributed by atoms with E-state index in [0.717, 1.165) is 13.0 Å². The number of rotatable bonds is 6. The van der Waals surface area contributed by atoms with E-state index < -0.39 is 5.41 Å². The van der Waals surface area contributed by atoms with Crippen LogP contribution >= 0.6 is 11.6 Å². The standard InChI is InChI=1S/C22H23ClN4O2/c1-4-12-24-18-15(14-25-21(23)26-18)9-10-22(2,3)11-13-27-19(28)16-7-5-6-8-17(16)20(27)29/h5-8,14H,4,11-13H2,1-3H3,(H,24,25,26). The summed E-state index contributed by atoms with van der Waals surface area (Å²) in [5.74, 6) is 6.46. The molecule has 1 aliphatic heterocycles. The second kappa shape index (κ2) is 8.62. The fraction of sp³-hybridized carbons (Fsp3) is 0.364. The molecule has 7 heteroatoms. The van der Waals surface area contributed by atoms with Crippen molar-refractivity contribution in [1.82, 2.24) is 14.9 Å². The van der Waals surface area contributed by atoms with Crippen LogP contribution in [-0.4, -0.2) is 39.8 Å². The van der Waals surface area contributed by atoms with Crippen molar-refractivity contribution in [3.05, 3.63) is 52.4 Å². The van der Waals surface area contributed by atoms with Gasteiger partial charge in [-0.3, -0.25) is 14.5 Å². The summed E-state index contributed by atoms with van der Waals surface area (Å²) in [7, 11) is 0. The van der Waals surface area contributed by atoms with E-state index in [1.165, 1.54) is 4.90 Å². The summed E-state index contributed by atoms with van der Waals surface area (Å²) >= 11 is 5.89. The van der Waals surface area contributed by atoms with E-state index in [4.69, 9.17) is 11.6 Å². The number of aromatic nitrogens is 2. The number of amides is 2. The molecule has 29 heavy (non-hydrogen) atoms. The number of nitrogens with zero attached hydrogens (tertiary/aromatic N) is 3. The molecule has 0 fully saturated rings. The zero-order valence-electron chi connectivity index (χ0n) is 16.8. The second-order valence-electron chi connectivity index (χ2n) is 7.52. The van der Waals surface area contributed by atoms with Gasteiger partial charge in [0.05, 0.1) is 16.7 Å². The summed E-state index contributed by atoms with van der Waals surface area (Å²) < 4.78 is 0. The quantitative estimate of drug-likeness (QED) is 0.442. The molecule has 0 atom stereocenters. The molecule has 2 amide bonds. The van der Waals surface area contributed by atoms with Gasteiger partial charge in [-0.25, -0.2) is 4.98 Å². The van der Waals surface area contributed by atoms with Gasteiger partial charge in [0.25, 0.3) is 11.8 Å². The van der Waals surface area contributed by atoms with Gasteiger partial charge in [-0.1, -0.05) is 30.9 Å². The highest BCUT2D eigenvalue weighted by molar-refractivity contribution is 6.28. The highest BCUT2D eigenvalue weighted by Gasteiger charge is 2.35. The summed E-state index contributed by atoms with van der Waals surface area (Å²) in [6.07, 6.45) is 3.10. The van der Waals surface area contributed by atoms with Gasteiger partial charge >= 0.3 is 0 Å². The predicted molar refractivity (Wildman–Crippen MR) is 113 cm³/mol. The van der Waals surface area contributed by atoms with E-state index in [2.05, 4.69) is 34.0 Å². The van der Waals surface area contributed by atoms with Crippen molar-refractivity contribution in [2.75, 3.05) is 18.4 Å². The molecule has 1 aromatic heterocycles. The van der Waals surface area contributed by atoms with Crippen molar-refractivity contribution in [2.24, 2.45) is 5.41 Å². The maximum Gasteiger partial charge on any atom is 0.261 e. The van der Waals surface area contributed by atoms with Gasteiger partial charge in [-0.2, -0.15) is 4.98 Å². The highest BCUT2D eigenvalue weighted by Crippen LogP contribution is 2.26. The Labute approximate surface area is 175 Å². The van der Waals surface area contributed by atoms with Crippen LogP contribution in [0.2, 0.25) is 5.28 Å². The molecule has 1 aliphatic rings. The largest absolute Gasteiger partial charge is 0.369 e. The molecule has 0 spiro atoms. The van der Waals surface area contributed by atoms with E-state index in [9.17, 15) is 9.59 Å². The SMILES string of the molecule is CCCNc1nc(Cl)ncc1C#CC(C)(C)CCN1C(=O)c2ccccc2C1=O. The predicted octanol–water partition coefficient (Wildman–Crippen LogP) is 4.02. The zero-order valence-corrected chi connectivity index (χ0v) is 17.5. The van der Waals surface area contributed by atoms with Crippen LogP contribution in [0.15, 0.2) is 30.5 Å². The van der Waals surface area contributed by atoms with Crippen LogP contribution in [0.3, 0.4) is 0 Å². The first-order chi connectivity index (χ1) is 13.8. The van der Waals surface area contributed by atoms with Crippen molar-refractivity contribution >= 4 is 29.2 Å². The fourth-order valence-electron chi connectivity index (χ4n) is 2.96. The zero-order chi connectivity index (χ0) is 21.0. The maximum absolute atomic E-state index is 12.5. The van der Waals surface area contributed by atoms with Gasteiger partial charge in [0.1, 0.15) is 5.82 Å². The molecule has 150 valence electrons. The van der Waals surface area contributed by atoms with E-state index in [0.29, 0.717) is 35.5 Å². The van der Waals surface area contributed by atoms with Gasteiger partial charge in [0.2, 0.25) is 5.28 Å². The lowest BCUT2D eigenvalue weighted by Gasteiger charge is -2.21. The minimum absolute atomic E-state index is 0.166. The lowest BCUT2D eigenvalue weighted by atomic mass is 9.89. The molecule has 1 N–H and O–H groups in total. The number of carbonyl (C=O) groups is 2. The topological polar surface area (TPSA) is 75.2 Å². The number of anilines is 1. The van der Waals surface area contributed by atoms with Crippen molar-refractivity contribution in [3.63, 3.8) is 0 Å². The van der Waals surface area contributed by atoms with Crippen LogP contribution in [0.4, 0.5) is 5.82 Å². The number of imide groups is 1. The smallest absolute Gasteiger partial charge is 0.261 e. The number of nitrogens with one attached hydrogen (secondary N) is 1. The molecular formula is C22H23ClN4O2. The summed E-state index contributed by atoms with van der Waals surface area (Å²) in [5, 5.41) is 3.37. The van der Waals surface area contributed by atoms with Crippen LogP contribution in [0.1, 0.15) is 59.9 Å². The first kappa shape index (κ1) is 20.8. The molecule has 1 aromatic carbocycles. The van der Waals surface area contributed by atoms with E-state index in [1.807, 2.05) is 13.8 Å². The number of halogens is 1. The normalized spacial score (nSPS) is 13.2. The number of carbonyl (C=O) groups excluding carboxylic acids is 2. The Morgan fingerprint density at radius 3 is 2.45 bits per heavy atom. The Hall–Kier alpha value is -2.91. The molecule has 0 bridgehead atoms. The summed E-state index contributed by atoms with van der Waals surface area (Å²) in [5.41, 5.74) is 1.17. The van der Waals surface area contributed by atoms with E-state index in [-0.39, 0.29) is 17.1 Å².